The van der Waals surface area contributed by atoms with Gasteiger partial charge in [0.2, 0.25) is 0 Å². The van der Waals surface area contributed by atoms with Gasteiger partial charge in [-0.25, -0.2) is 0 Å². The van der Waals surface area contributed by atoms with E-state index in [1.807, 2.05) is 0 Å². The molecule has 3 rings (SSSR count). The van der Waals surface area contributed by atoms with Crippen LogP contribution in [0.25, 0.3) is 0 Å². The first-order valence-corrected chi connectivity index (χ1v) is 9.72. The van der Waals surface area contributed by atoms with E-state index in [0.717, 1.165) is 30.6 Å². The van der Waals surface area contributed by atoms with E-state index in [2.05, 4.69) is 6.92 Å². The molecule has 25 heavy (non-hydrogen) atoms. The van der Waals surface area contributed by atoms with Crippen molar-refractivity contribution in [2.24, 2.45) is 17.8 Å². The highest BCUT2D eigenvalue weighted by Crippen LogP contribution is 2.47. The molecule has 6 heteroatoms. The van der Waals surface area contributed by atoms with Crippen LogP contribution in [0.4, 0.5) is 0 Å². The number of fused-ring (bicyclic) bond motifs is 3. The summed E-state index contributed by atoms with van der Waals surface area (Å²) in [5.74, 6) is 0.0968. The number of hydrogen-bond acceptors (Lipinski definition) is 5. The fraction of sp³-hybridized carbons (Fsp3) is 0.947. The van der Waals surface area contributed by atoms with Crippen molar-refractivity contribution in [2.75, 3.05) is 6.54 Å². The van der Waals surface area contributed by atoms with Crippen LogP contribution in [0, 0.1) is 17.8 Å². The Morgan fingerprint density at radius 3 is 2.48 bits per heavy atom. The molecule has 6 unspecified atom stereocenters. The van der Waals surface area contributed by atoms with Gasteiger partial charge in [-0.3, -0.25) is 0 Å². The maximum atomic E-state index is 11.6. The number of carboxylic acids is 1. The zero-order valence-electron chi connectivity index (χ0n) is 15.8. The first kappa shape index (κ1) is 19.1. The normalized spacial score (nSPS) is 43.8. The third-order valence-electron chi connectivity index (χ3n) is 6.92. The second-order valence-electron chi connectivity index (χ2n) is 9.19. The van der Waals surface area contributed by atoms with Gasteiger partial charge < -0.3 is 29.8 Å². The van der Waals surface area contributed by atoms with Gasteiger partial charge in [0.25, 0.3) is 0 Å². The number of ether oxygens (including phenoxy) is 1. The van der Waals surface area contributed by atoms with Crippen LogP contribution < -0.4 is 10.0 Å². The van der Waals surface area contributed by atoms with Gasteiger partial charge in [-0.1, -0.05) is 0 Å². The summed E-state index contributed by atoms with van der Waals surface area (Å²) in [5, 5.41) is 31.9. The third-order valence-corrected chi connectivity index (χ3v) is 6.92. The lowest BCUT2D eigenvalue weighted by molar-refractivity contribution is -0.954. The van der Waals surface area contributed by atoms with Crippen molar-refractivity contribution in [2.45, 2.75) is 89.4 Å². The quantitative estimate of drug-likeness (QED) is 0.585. The number of nitrogens with one attached hydrogen (secondary N) is 1. The van der Waals surface area contributed by atoms with Crippen molar-refractivity contribution >= 4 is 5.97 Å². The Kier molecular flexibility index (Phi) is 5.19. The average molecular weight is 355 g/mol. The Hall–Kier alpha value is -0.690. The van der Waals surface area contributed by atoms with Crippen LogP contribution in [0.1, 0.15) is 53.4 Å². The largest absolute Gasteiger partial charge is 0.544 e. The maximum absolute atomic E-state index is 11.6. The molecular weight excluding hydrogens is 322 g/mol. The molecule has 1 saturated carbocycles. The van der Waals surface area contributed by atoms with Gasteiger partial charge in [-0.15, -0.1) is 0 Å². The number of quaternary nitrogens is 1. The Bertz CT molecular complexity index is 503. The van der Waals surface area contributed by atoms with Crippen molar-refractivity contribution in [3.05, 3.63) is 0 Å². The van der Waals surface area contributed by atoms with Crippen molar-refractivity contribution in [3.8, 4) is 0 Å². The van der Waals surface area contributed by atoms with Crippen molar-refractivity contribution in [1.82, 2.24) is 0 Å². The van der Waals surface area contributed by atoms with Gasteiger partial charge in [-0.2, -0.15) is 0 Å². The molecule has 0 radical (unpaired) electrons. The summed E-state index contributed by atoms with van der Waals surface area (Å²) in [4.78, 5) is 12.5. The predicted molar refractivity (Wildman–Crippen MR) is 89.7 cm³/mol. The van der Waals surface area contributed by atoms with E-state index in [1.54, 1.807) is 13.8 Å². The van der Waals surface area contributed by atoms with E-state index in [4.69, 9.17) is 4.74 Å². The van der Waals surface area contributed by atoms with E-state index in [-0.39, 0.29) is 24.2 Å². The minimum Gasteiger partial charge on any atom is -0.544 e. The highest BCUT2D eigenvalue weighted by molar-refractivity contribution is 5.70. The van der Waals surface area contributed by atoms with Crippen LogP contribution in [-0.2, 0) is 9.53 Å². The van der Waals surface area contributed by atoms with E-state index in [1.165, 1.54) is 6.92 Å². The summed E-state index contributed by atoms with van der Waals surface area (Å²) in [5.41, 5.74) is -0.853. The summed E-state index contributed by atoms with van der Waals surface area (Å²) < 4.78 is 6.29. The predicted octanol–water partition coefficient (Wildman–Crippen LogP) is -1.27. The molecule has 3 aliphatic rings. The summed E-state index contributed by atoms with van der Waals surface area (Å²) in [6.07, 6.45) is 3.11. The highest BCUT2D eigenvalue weighted by Gasteiger charge is 2.53. The topological polar surface area (TPSA) is 94.3 Å². The first-order valence-electron chi connectivity index (χ1n) is 9.72. The molecule has 0 aromatic rings. The third kappa shape index (κ3) is 3.59. The highest BCUT2D eigenvalue weighted by atomic mass is 16.5. The van der Waals surface area contributed by atoms with Gasteiger partial charge in [-0.05, 0) is 58.8 Å². The van der Waals surface area contributed by atoms with Crippen LogP contribution in [0.3, 0.4) is 0 Å². The van der Waals surface area contributed by atoms with E-state index in [0.29, 0.717) is 18.4 Å². The number of carbonyl (C=O) groups is 1. The lowest BCUT2D eigenvalue weighted by atomic mass is 9.67. The van der Waals surface area contributed by atoms with Crippen LogP contribution in [0.2, 0.25) is 0 Å². The standard InChI is InChI=1S/C19H33NO5/c1-10-7-12-5-6-13-8-15(19(3,4)24)25-17(13)14(12)9-20(10)16(11(2)21)18(22)23/h10-17,21,24H,5-9H2,1-4H3,(H,22,23)/t10?,11-,12?,13?,14?,15-,16-,17?/m0/s1. The average Bonchev–Trinajstić information content (AvgIpc) is 2.92. The molecular formula is C19H33NO5. The summed E-state index contributed by atoms with van der Waals surface area (Å²) in [7, 11) is 0. The summed E-state index contributed by atoms with van der Waals surface area (Å²) >= 11 is 0. The van der Waals surface area contributed by atoms with E-state index < -0.39 is 23.7 Å². The molecule has 2 aliphatic heterocycles. The molecule has 2 heterocycles. The Balaban J connectivity index is 1.79. The number of piperidine rings is 1. The summed E-state index contributed by atoms with van der Waals surface area (Å²) in [6.45, 7) is 7.89. The van der Waals surface area contributed by atoms with Crippen LogP contribution >= 0.6 is 0 Å². The second-order valence-corrected chi connectivity index (χ2v) is 9.19. The molecule has 3 fully saturated rings. The fourth-order valence-electron chi connectivity index (χ4n) is 5.61. The minimum atomic E-state index is -1.18. The van der Waals surface area contributed by atoms with Gasteiger partial charge in [0, 0.05) is 12.3 Å². The number of aliphatic hydroxyl groups excluding tert-OH is 1. The second kappa shape index (κ2) is 6.80. The minimum absolute atomic E-state index is 0.0917. The van der Waals surface area contributed by atoms with Gasteiger partial charge in [0.15, 0.2) is 6.04 Å². The Morgan fingerprint density at radius 2 is 1.92 bits per heavy atom. The number of aliphatic hydroxyl groups is 2. The first-order chi connectivity index (χ1) is 11.6. The zero-order valence-corrected chi connectivity index (χ0v) is 15.8. The lowest BCUT2D eigenvalue weighted by Crippen LogP contribution is -3.23. The molecule has 3 N–H and O–H groups in total. The van der Waals surface area contributed by atoms with E-state index in [9.17, 15) is 20.1 Å². The molecule has 6 nitrogen and oxygen atoms in total. The SMILES string of the molecule is CC1CC2CCC3C[C@@H](C(C)(C)O)OC3C2C[NH+]1[C@H](C(=O)[O-])[C@H](C)O. The van der Waals surface area contributed by atoms with Gasteiger partial charge in [0.1, 0.15) is 12.1 Å². The Labute approximate surface area is 150 Å². The molecule has 0 spiro atoms. The number of likely N-dealkylation sites (tertiary alicyclic amines) is 1. The molecule has 2 saturated heterocycles. The monoisotopic (exact) mass is 355 g/mol. The van der Waals surface area contributed by atoms with Crippen LogP contribution in [0.5, 0.6) is 0 Å². The number of aliphatic carboxylic acids is 1. The van der Waals surface area contributed by atoms with Gasteiger partial charge in [0.05, 0.1) is 30.4 Å². The number of hydrogen-bond donors (Lipinski definition) is 3. The Morgan fingerprint density at radius 1 is 1.28 bits per heavy atom. The van der Waals surface area contributed by atoms with Gasteiger partial charge >= 0.3 is 0 Å². The number of rotatable bonds is 4. The summed E-state index contributed by atoms with van der Waals surface area (Å²) in [6, 6.07) is -0.718. The molecule has 0 amide bonds. The molecule has 0 bridgehead atoms. The number of carboxylic acid groups (broad SMARTS) is 1. The van der Waals surface area contributed by atoms with Crippen molar-refractivity contribution in [3.63, 3.8) is 0 Å². The molecule has 1 aliphatic carbocycles. The molecule has 144 valence electrons. The molecule has 9 atom stereocenters. The lowest BCUT2D eigenvalue weighted by Gasteiger charge is -2.49. The molecule has 0 aromatic heterocycles. The van der Waals surface area contributed by atoms with E-state index >= 15 is 0 Å². The van der Waals surface area contributed by atoms with Crippen molar-refractivity contribution in [1.29, 1.82) is 0 Å². The maximum Gasteiger partial charge on any atom is 0.154 e. The van der Waals surface area contributed by atoms with Crippen LogP contribution in [-0.4, -0.2) is 58.7 Å². The van der Waals surface area contributed by atoms with Crippen LogP contribution in [0.15, 0.2) is 0 Å². The van der Waals surface area contributed by atoms with Crippen molar-refractivity contribution < 1.29 is 29.8 Å². The smallest absolute Gasteiger partial charge is 0.154 e. The number of carbonyl (C=O) groups excluding carboxylic acids is 1. The zero-order chi connectivity index (χ0) is 18.5. The molecule has 0 aromatic carbocycles. The fourth-order valence-corrected chi connectivity index (χ4v) is 5.61.